The summed E-state index contributed by atoms with van der Waals surface area (Å²) in [5.41, 5.74) is 0.341. The Morgan fingerprint density at radius 1 is 1.03 bits per heavy atom. The summed E-state index contributed by atoms with van der Waals surface area (Å²) in [6, 6.07) is 17.0. The summed E-state index contributed by atoms with van der Waals surface area (Å²) in [7, 11) is -4.37. The predicted molar refractivity (Wildman–Crippen MR) is 130 cm³/mol. The maximum atomic E-state index is 13.5. The lowest BCUT2D eigenvalue weighted by Crippen LogP contribution is -2.42. The van der Waals surface area contributed by atoms with Crippen molar-refractivity contribution >= 4 is 33.2 Å². The van der Waals surface area contributed by atoms with E-state index in [1.807, 2.05) is 38.1 Å². The molecule has 0 radical (unpaired) electrons. The number of halogens is 4. The van der Waals surface area contributed by atoms with Gasteiger partial charge in [0.2, 0.25) is 5.91 Å². The molecule has 1 amide bonds. The number of hydrogen-bond acceptors (Lipinski definition) is 3. The van der Waals surface area contributed by atoms with E-state index in [1.54, 1.807) is 6.07 Å². The molecule has 0 fully saturated rings. The number of benzene rings is 3. The third-order valence-corrected chi connectivity index (χ3v) is 7.50. The number of carbonyl (C=O) groups is 1. The number of nitrogens with one attached hydrogen (secondary N) is 1. The first-order valence-corrected chi connectivity index (χ1v) is 12.6. The largest absolute Gasteiger partial charge is 0.417 e. The van der Waals surface area contributed by atoms with Crippen molar-refractivity contribution in [1.82, 2.24) is 5.32 Å². The fraction of sp³-hybridized carbons (Fsp3) is 0.240. The van der Waals surface area contributed by atoms with Crippen LogP contribution in [0, 0.1) is 6.92 Å². The number of aryl methyl sites for hydroxylation is 1. The first-order valence-electron chi connectivity index (χ1n) is 10.7. The zero-order chi connectivity index (χ0) is 25.8. The number of nitrogens with zero attached hydrogens (tertiary/aromatic N) is 1. The molecule has 0 aliphatic heterocycles. The molecular weight excluding hydrogens is 501 g/mol. The van der Waals surface area contributed by atoms with E-state index in [9.17, 15) is 26.4 Å². The lowest BCUT2D eigenvalue weighted by atomic mass is 10.0. The van der Waals surface area contributed by atoms with Gasteiger partial charge in [-0.3, -0.25) is 9.10 Å². The van der Waals surface area contributed by atoms with Gasteiger partial charge in [0, 0.05) is 0 Å². The van der Waals surface area contributed by atoms with E-state index in [1.165, 1.54) is 24.3 Å². The lowest BCUT2D eigenvalue weighted by Gasteiger charge is -2.26. The Labute approximate surface area is 207 Å². The number of amides is 1. The second-order valence-electron chi connectivity index (χ2n) is 7.93. The molecule has 0 aromatic heterocycles. The predicted octanol–water partition coefficient (Wildman–Crippen LogP) is 6.13. The van der Waals surface area contributed by atoms with Crippen LogP contribution in [-0.4, -0.2) is 20.9 Å². The highest BCUT2D eigenvalue weighted by atomic mass is 35.5. The molecule has 3 rings (SSSR count). The molecule has 1 unspecified atom stereocenters. The zero-order valence-corrected chi connectivity index (χ0v) is 20.6. The molecule has 186 valence electrons. The van der Waals surface area contributed by atoms with Crippen LogP contribution in [0.3, 0.4) is 0 Å². The smallest absolute Gasteiger partial charge is 0.348 e. The number of hydrogen-bond donors (Lipinski definition) is 1. The summed E-state index contributed by atoms with van der Waals surface area (Å²) < 4.78 is 67.9. The quantitative estimate of drug-likeness (QED) is 0.385. The molecule has 3 aromatic carbocycles. The minimum absolute atomic E-state index is 0.165. The highest BCUT2D eigenvalue weighted by molar-refractivity contribution is 7.92. The van der Waals surface area contributed by atoms with E-state index >= 15 is 0 Å². The third kappa shape index (κ3) is 6.35. The maximum Gasteiger partial charge on any atom is 0.417 e. The van der Waals surface area contributed by atoms with Gasteiger partial charge in [0.05, 0.1) is 27.2 Å². The standard InChI is InChI=1S/C25H24ClF3N2O3S/c1-3-23(18-11-9-17(2)10-12-18)30-24(32)16-31(35(33,34)20-7-5-4-6-8-20)19-13-14-22(26)21(15-19)25(27,28)29/h4-15,23H,3,16H2,1-2H3,(H,30,32). The lowest BCUT2D eigenvalue weighted by molar-refractivity contribution is -0.137. The molecule has 0 aliphatic rings. The Balaban J connectivity index is 1.99. The molecule has 0 aliphatic carbocycles. The van der Waals surface area contributed by atoms with Crippen LogP contribution in [0.15, 0.2) is 77.7 Å². The van der Waals surface area contributed by atoms with Crippen LogP contribution in [0.25, 0.3) is 0 Å². The van der Waals surface area contributed by atoms with Crippen molar-refractivity contribution in [2.24, 2.45) is 0 Å². The van der Waals surface area contributed by atoms with Crippen molar-refractivity contribution < 1.29 is 26.4 Å². The summed E-state index contributed by atoms with van der Waals surface area (Å²) >= 11 is 5.72. The van der Waals surface area contributed by atoms with E-state index in [4.69, 9.17) is 11.6 Å². The molecule has 0 spiro atoms. The molecule has 1 N–H and O–H groups in total. The Hall–Kier alpha value is -3.04. The van der Waals surface area contributed by atoms with Gasteiger partial charge in [-0.15, -0.1) is 0 Å². The van der Waals surface area contributed by atoms with Crippen molar-refractivity contribution in [3.05, 3.63) is 94.5 Å². The monoisotopic (exact) mass is 524 g/mol. The number of anilines is 1. The van der Waals surface area contributed by atoms with Crippen LogP contribution in [0.5, 0.6) is 0 Å². The van der Waals surface area contributed by atoms with Crippen LogP contribution in [0.2, 0.25) is 5.02 Å². The molecule has 0 heterocycles. The SMILES string of the molecule is CCC(NC(=O)CN(c1ccc(Cl)c(C(F)(F)F)c1)S(=O)(=O)c1ccccc1)c1ccc(C)cc1. The molecule has 0 bridgehead atoms. The first-order chi connectivity index (χ1) is 16.4. The molecule has 10 heteroatoms. The van der Waals surface area contributed by atoms with Gasteiger partial charge in [-0.2, -0.15) is 13.2 Å². The molecule has 1 atom stereocenters. The van der Waals surface area contributed by atoms with Gasteiger partial charge in [0.1, 0.15) is 6.54 Å². The minimum Gasteiger partial charge on any atom is -0.348 e. The second kappa shape index (κ2) is 10.7. The number of sulfonamides is 1. The zero-order valence-electron chi connectivity index (χ0n) is 19.0. The topological polar surface area (TPSA) is 66.5 Å². The van der Waals surface area contributed by atoms with Gasteiger partial charge < -0.3 is 5.32 Å². The van der Waals surface area contributed by atoms with Crippen LogP contribution in [0.1, 0.15) is 36.1 Å². The van der Waals surface area contributed by atoms with Gasteiger partial charge in [-0.1, -0.05) is 66.6 Å². The second-order valence-corrected chi connectivity index (χ2v) is 10.2. The summed E-state index contributed by atoms with van der Waals surface area (Å²) in [6.07, 6.45) is -4.28. The van der Waals surface area contributed by atoms with Crippen molar-refractivity contribution in [1.29, 1.82) is 0 Å². The van der Waals surface area contributed by atoms with Crippen LogP contribution >= 0.6 is 11.6 Å². The van der Waals surface area contributed by atoms with Gasteiger partial charge in [0.25, 0.3) is 10.0 Å². The third-order valence-electron chi connectivity index (χ3n) is 5.38. The Kier molecular flexibility index (Phi) is 8.12. The summed E-state index contributed by atoms with van der Waals surface area (Å²) in [5, 5.41) is 2.21. The van der Waals surface area contributed by atoms with E-state index in [-0.39, 0.29) is 10.6 Å². The minimum atomic E-state index is -4.81. The Morgan fingerprint density at radius 3 is 2.23 bits per heavy atom. The van der Waals surface area contributed by atoms with Crippen LogP contribution in [-0.2, 0) is 21.0 Å². The van der Waals surface area contributed by atoms with Crippen molar-refractivity contribution in [2.45, 2.75) is 37.4 Å². The van der Waals surface area contributed by atoms with Gasteiger partial charge in [-0.25, -0.2) is 8.42 Å². The summed E-state index contributed by atoms with van der Waals surface area (Å²) in [5.74, 6) is -0.666. The number of carbonyl (C=O) groups excluding carboxylic acids is 1. The number of rotatable bonds is 8. The van der Waals surface area contributed by atoms with Crippen molar-refractivity contribution in [3.63, 3.8) is 0 Å². The Bertz CT molecular complexity index is 1280. The van der Waals surface area contributed by atoms with Gasteiger partial charge in [0.15, 0.2) is 0 Å². The average molecular weight is 525 g/mol. The molecule has 5 nitrogen and oxygen atoms in total. The fourth-order valence-electron chi connectivity index (χ4n) is 3.51. The van der Waals surface area contributed by atoms with Gasteiger partial charge in [-0.05, 0) is 49.2 Å². The van der Waals surface area contributed by atoms with Crippen LogP contribution < -0.4 is 9.62 Å². The highest BCUT2D eigenvalue weighted by Gasteiger charge is 2.35. The maximum absolute atomic E-state index is 13.5. The van der Waals surface area contributed by atoms with E-state index in [0.717, 1.165) is 23.3 Å². The van der Waals surface area contributed by atoms with E-state index in [0.29, 0.717) is 16.8 Å². The Morgan fingerprint density at radius 2 is 1.66 bits per heavy atom. The van der Waals surface area contributed by atoms with E-state index < -0.39 is 45.3 Å². The normalized spacial score (nSPS) is 12.7. The fourth-order valence-corrected chi connectivity index (χ4v) is 5.17. The summed E-state index contributed by atoms with van der Waals surface area (Å²) in [4.78, 5) is 12.8. The number of alkyl halides is 3. The molecule has 35 heavy (non-hydrogen) atoms. The van der Waals surface area contributed by atoms with Crippen LogP contribution in [0.4, 0.5) is 18.9 Å². The highest BCUT2D eigenvalue weighted by Crippen LogP contribution is 2.38. The molecule has 3 aromatic rings. The van der Waals surface area contributed by atoms with Crippen molar-refractivity contribution in [2.75, 3.05) is 10.8 Å². The first kappa shape index (κ1) is 26.6. The van der Waals surface area contributed by atoms with Gasteiger partial charge >= 0.3 is 6.18 Å². The molecule has 0 saturated carbocycles. The van der Waals surface area contributed by atoms with E-state index in [2.05, 4.69) is 5.32 Å². The summed E-state index contributed by atoms with van der Waals surface area (Å²) in [6.45, 7) is 3.06. The molecular formula is C25H24ClF3N2O3S. The van der Waals surface area contributed by atoms with Crippen molar-refractivity contribution in [3.8, 4) is 0 Å². The molecule has 0 saturated heterocycles. The average Bonchev–Trinajstić information content (AvgIpc) is 2.82.